The first-order valence-electron chi connectivity index (χ1n) is 11.9. The summed E-state index contributed by atoms with van der Waals surface area (Å²) < 4.78 is 29.8. The number of fused-ring (bicyclic) bond motifs is 1. The number of benzene rings is 3. The Labute approximate surface area is 211 Å². The van der Waals surface area contributed by atoms with Crippen LogP contribution >= 0.6 is 0 Å². The Morgan fingerprint density at radius 2 is 1.64 bits per heavy atom. The van der Waals surface area contributed by atoms with E-state index in [0.717, 1.165) is 16.5 Å². The Morgan fingerprint density at radius 1 is 0.917 bits per heavy atom. The van der Waals surface area contributed by atoms with Crippen LogP contribution in [-0.2, 0) is 21.2 Å². The highest BCUT2D eigenvalue weighted by Gasteiger charge is 2.31. The van der Waals surface area contributed by atoms with E-state index in [-0.39, 0.29) is 17.2 Å². The number of pyridine rings is 1. The topological polar surface area (TPSA) is 79.4 Å². The lowest BCUT2D eigenvalue weighted by atomic mass is 9.98. The molecule has 1 aromatic heterocycles. The summed E-state index contributed by atoms with van der Waals surface area (Å²) in [6, 6.07) is 27.2. The van der Waals surface area contributed by atoms with Crippen LogP contribution < -0.4 is 4.72 Å². The summed E-state index contributed by atoms with van der Waals surface area (Å²) in [6.07, 6.45) is 4.59. The Balaban J connectivity index is 1.42. The molecule has 4 aromatic rings. The number of nitrogens with one attached hydrogen (secondary N) is 1. The summed E-state index contributed by atoms with van der Waals surface area (Å²) in [5.74, 6) is -0.237. The van der Waals surface area contributed by atoms with Crippen molar-refractivity contribution in [3.63, 3.8) is 0 Å². The van der Waals surface area contributed by atoms with Gasteiger partial charge in [0, 0.05) is 24.7 Å². The van der Waals surface area contributed by atoms with Gasteiger partial charge in [0.15, 0.2) is 0 Å². The molecule has 7 heteroatoms. The van der Waals surface area contributed by atoms with Crippen molar-refractivity contribution in [2.24, 2.45) is 0 Å². The maximum absolute atomic E-state index is 13.7. The van der Waals surface area contributed by atoms with Gasteiger partial charge in [-0.1, -0.05) is 84.9 Å². The zero-order valence-electron chi connectivity index (χ0n) is 19.7. The molecule has 0 saturated heterocycles. The number of amides is 1. The number of carbonyl (C=O) groups is 1. The Morgan fingerprint density at radius 3 is 2.36 bits per heavy atom. The molecule has 1 atom stereocenters. The van der Waals surface area contributed by atoms with E-state index in [9.17, 15) is 13.2 Å². The fourth-order valence-electron chi connectivity index (χ4n) is 4.58. The summed E-state index contributed by atoms with van der Waals surface area (Å²) in [6.45, 7) is 0.967. The predicted molar refractivity (Wildman–Crippen MR) is 142 cm³/mol. The number of sulfonamides is 1. The van der Waals surface area contributed by atoms with Crippen molar-refractivity contribution in [1.82, 2.24) is 14.6 Å². The van der Waals surface area contributed by atoms with Crippen molar-refractivity contribution in [3.05, 3.63) is 114 Å². The second-order valence-corrected chi connectivity index (χ2v) is 10.5. The molecule has 3 aromatic carbocycles. The summed E-state index contributed by atoms with van der Waals surface area (Å²) in [7, 11) is -4.02. The van der Waals surface area contributed by atoms with Crippen LogP contribution in [0.25, 0.3) is 16.5 Å². The number of hydrogen-bond acceptors (Lipinski definition) is 4. The van der Waals surface area contributed by atoms with Crippen LogP contribution in [0.5, 0.6) is 0 Å². The third kappa shape index (κ3) is 5.22. The average molecular weight is 498 g/mol. The standard InChI is InChI=1S/C29H27N3O3S/c33-29(32-19-16-24(17-20-32)23-11-5-2-6-12-23)26(21-22-9-3-1-4-10-22)31-36(34,35)27-15-7-13-25-14-8-18-30-28(25)27/h1-16,18,26,31H,17,19-21H2/t26-/m0/s1. The Kier molecular flexibility index (Phi) is 6.93. The molecular weight excluding hydrogens is 470 g/mol. The van der Waals surface area contributed by atoms with E-state index < -0.39 is 16.1 Å². The van der Waals surface area contributed by atoms with Crippen molar-refractivity contribution in [1.29, 1.82) is 0 Å². The second-order valence-electron chi connectivity index (χ2n) is 8.82. The molecule has 0 radical (unpaired) electrons. The molecule has 5 rings (SSSR count). The van der Waals surface area contributed by atoms with Crippen LogP contribution in [0.4, 0.5) is 0 Å². The zero-order chi connectivity index (χ0) is 25.0. The van der Waals surface area contributed by atoms with Gasteiger partial charge in [-0.05, 0) is 41.7 Å². The first-order valence-corrected chi connectivity index (χ1v) is 13.4. The maximum Gasteiger partial charge on any atom is 0.243 e. The molecule has 36 heavy (non-hydrogen) atoms. The summed E-state index contributed by atoms with van der Waals surface area (Å²) in [4.78, 5) is 19.8. The molecular formula is C29H27N3O3S. The van der Waals surface area contributed by atoms with Crippen molar-refractivity contribution in [2.45, 2.75) is 23.8 Å². The van der Waals surface area contributed by atoms with Crippen molar-refractivity contribution < 1.29 is 13.2 Å². The van der Waals surface area contributed by atoms with E-state index in [4.69, 9.17) is 0 Å². The van der Waals surface area contributed by atoms with Gasteiger partial charge in [0.25, 0.3) is 0 Å². The number of hydrogen-bond donors (Lipinski definition) is 1. The van der Waals surface area contributed by atoms with Gasteiger partial charge in [0.05, 0.1) is 5.52 Å². The van der Waals surface area contributed by atoms with E-state index in [1.54, 1.807) is 23.2 Å². The Bertz CT molecular complexity index is 1500. The van der Waals surface area contributed by atoms with Gasteiger partial charge in [0.1, 0.15) is 10.9 Å². The zero-order valence-corrected chi connectivity index (χ0v) is 20.6. The lowest BCUT2D eigenvalue weighted by molar-refractivity contribution is -0.132. The van der Waals surface area contributed by atoms with Crippen molar-refractivity contribution in [3.8, 4) is 0 Å². The lowest BCUT2D eigenvalue weighted by Gasteiger charge is -2.30. The molecule has 1 aliphatic heterocycles. The van der Waals surface area contributed by atoms with Gasteiger partial charge in [-0.2, -0.15) is 4.72 Å². The molecule has 0 saturated carbocycles. The minimum atomic E-state index is -4.02. The lowest BCUT2D eigenvalue weighted by Crippen LogP contribution is -2.50. The van der Waals surface area contributed by atoms with Gasteiger partial charge >= 0.3 is 0 Å². The molecule has 0 fully saturated rings. The van der Waals surface area contributed by atoms with Crippen LogP contribution in [-0.4, -0.2) is 43.3 Å². The minimum absolute atomic E-state index is 0.0661. The third-order valence-corrected chi connectivity index (χ3v) is 7.93. The van der Waals surface area contributed by atoms with E-state index in [1.807, 2.05) is 60.7 Å². The van der Waals surface area contributed by atoms with Gasteiger partial charge in [-0.25, -0.2) is 8.42 Å². The highest BCUT2D eigenvalue weighted by Crippen LogP contribution is 2.24. The maximum atomic E-state index is 13.7. The second kappa shape index (κ2) is 10.4. The van der Waals surface area contributed by atoms with Crippen LogP contribution in [0, 0.1) is 0 Å². The molecule has 1 N–H and O–H groups in total. The molecule has 2 heterocycles. The van der Waals surface area contributed by atoms with E-state index in [2.05, 4.69) is 27.9 Å². The van der Waals surface area contributed by atoms with Crippen molar-refractivity contribution in [2.75, 3.05) is 13.1 Å². The highest BCUT2D eigenvalue weighted by atomic mass is 32.2. The Hall–Kier alpha value is -3.81. The summed E-state index contributed by atoms with van der Waals surface area (Å²) in [5.41, 5.74) is 3.61. The number of para-hydroxylation sites is 1. The largest absolute Gasteiger partial charge is 0.337 e. The van der Waals surface area contributed by atoms with Crippen LogP contribution in [0.1, 0.15) is 17.5 Å². The highest BCUT2D eigenvalue weighted by molar-refractivity contribution is 7.89. The number of rotatable bonds is 7. The molecule has 1 amide bonds. The summed E-state index contributed by atoms with van der Waals surface area (Å²) in [5, 5.41) is 0.723. The van der Waals surface area contributed by atoms with Crippen LogP contribution in [0.15, 0.2) is 108 Å². The van der Waals surface area contributed by atoms with Gasteiger partial charge in [-0.3, -0.25) is 9.78 Å². The van der Waals surface area contributed by atoms with Crippen LogP contribution in [0.3, 0.4) is 0 Å². The third-order valence-electron chi connectivity index (χ3n) is 6.43. The molecule has 1 aliphatic rings. The average Bonchev–Trinajstić information content (AvgIpc) is 2.93. The van der Waals surface area contributed by atoms with Gasteiger partial charge in [-0.15, -0.1) is 0 Å². The fraction of sp³-hybridized carbons (Fsp3) is 0.172. The van der Waals surface area contributed by atoms with E-state index in [1.165, 1.54) is 11.6 Å². The molecule has 182 valence electrons. The molecule has 0 unspecified atom stereocenters. The minimum Gasteiger partial charge on any atom is -0.337 e. The number of carbonyl (C=O) groups excluding carboxylic acids is 1. The first kappa shape index (κ1) is 23.9. The quantitative estimate of drug-likeness (QED) is 0.409. The van der Waals surface area contributed by atoms with Crippen molar-refractivity contribution >= 4 is 32.4 Å². The van der Waals surface area contributed by atoms with E-state index >= 15 is 0 Å². The molecule has 6 nitrogen and oxygen atoms in total. The summed E-state index contributed by atoms with van der Waals surface area (Å²) >= 11 is 0. The molecule has 0 spiro atoms. The SMILES string of the molecule is O=C([C@H](Cc1ccccc1)NS(=O)(=O)c1cccc2cccnc12)N1CC=C(c2ccccc2)CC1. The number of aromatic nitrogens is 1. The molecule has 0 bridgehead atoms. The first-order chi connectivity index (χ1) is 17.5. The normalized spacial score (nSPS) is 14.9. The predicted octanol–water partition coefficient (Wildman–Crippen LogP) is 4.44. The van der Waals surface area contributed by atoms with Crippen LogP contribution in [0.2, 0.25) is 0 Å². The van der Waals surface area contributed by atoms with Gasteiger partial charge < -0.3 is 4.90 Å². The monoisotopic (exact) mass is 497 g/mol. The number of nitrogens with zero attached hydrogens (tertiary/aromatic N) is 2. The van der Waals surface area contributed by atoms with E-state index in [0.29, 0.717) is 25.0 Å². The van der Waals surface area contributed by atoms with Gasteiger partial charge in [0.2, 0.25) is 15.9 Å². The smallest absolute Gasteiger partial charge is 0.243 e. The fourth-order valence-corrected chi connectivity index (χ4v) is 5.95. The molecule has 0 aliphatic carbocycles.